The Labute approximate surface area is 94.9 Å². The summed E-state index contributed by atoms with van der Waals surface area (Å²) < 4.78 is 0. The van der Waals surface area contributed by atoms with Gasteiger partial charge in [-0.25, -0.2) is 4.98 Å². The van der Waals surface area contributed by atoms with Crippen molar-refractivity contribution in [2.24, 2.45) is 5.41 Å². The van der Waals surface area contributed by atoms with E-state index in [1.165, 1.54) is 0 Å². The Balaban J connectivity index is 2.64. The second-order valence-corrected chi connectivity index (χ2v) is 5.66. The summed E-state index contributed by atoms with van der Waals surface area (Å²) in [5.74, 6) is 0.0582. The summed E-state index contributed by atoms with van der Waals surface area (Å²) >= 11 is 1.58. The number of carbonyl (C=O) groups excluding carboxylic acids is 1. The normalized spacial score (nSPS) is 13.7. The number of hydrogen-bond donors (Lipinski definition) is 1. The van der Waals surface area contributed by atoms with Crippen LogP contribution in [0.3, 0.4) is 0 Å². The summed E-state index contributed by atoms with van der Waals surface area (Å²) in [6, 6.07) is -0.00424. The van der Waals surface area contributed by atoms with Crippen LogP contribution in [-0.2, 0) is 4.79 Å². The number of amides is 1. The first-order chi connectivity index (χ1) is 6.80. The number of rotatable bonds is 2. The minimum absolute atomic E-state index is 0.00424. The van der Waals surface area contributed by atoms with Gasteiger partial charge >= 0.3 is 0 Å². The number of aryl methyl sites for hydroxylation is 1. The molecule has 0 fully saturated rings. The lowest BCUT2D eigenvalue weighted by Crippen LogP contribution is -2.36. The molecule has 0 saturated carbocycles. The molecule has 1 aromatic heterocycles. The first-order valence-electron chi connectivity index (χ1n) is 5.03. The summed E-state index contributed by atoms with van der Waals surface area (Å²) in [6.07, 6.45) is 0. The third-order valence-corrected chi connectivity index (χ3v) is 3.18. The van der Waals surface area contributed by atoms with Gasteiger partial charge < -0.3 is 5.32 Å². The molecule has 0 spiro atoms. The van der Waals surface area contributed by atoms with E-state index in [1.807, 2.05) is 40.0 Å². The number of nitrogens with zero attached hydrogens (tertiary/aromatic N) is 1. The minimum Gasteiger partial charge on any atom is -0.347 e. The number of thiazole rings is 1. The maximum Gasteiger partial charge on any atom is 0.225 e. The Morgan fingerprint density at radius 3 is 2.53 bits per heavy atom. The number of carbonyl (C=O) groups is 1. The van der Waals surface area contributed by atoms with Gasteiger partial charge in [0.25, 0.3) is 0 Å². The smallest absolute Gasteiger partial charge is 0.225 e. The van der Waals surface area contributed by atoms with E-state index in [2.05, 4.69) is 10.3 Å². The van der Waals surface area contributed by atoms with Crippen molar-refractivity contribution in [2.75, 3.05) is 0 Å². The molecule has 0 aliphatic heterocycles. The number of hydrogen-bond acceptors (Lipinski definition) is 3. The van der Waals surface area contributed by atoms with Crippen LogP contribution in [-0.4, -0.2) is 10.9 Å². The molecule has 0 saturated heterocycles. The van der Waals surface area contributed by atoms with Gasteiger partial charge in [-0.3, -0.25) is 4.79 Å². The van der Waals surface area contributed by atoms with Crippen molar-refractivity contribution in [3.8, 4) is 0 Å². The molecular weight excluding hydrogens is 208 g/mol. The quantitative estimate of drug-likeness (QED) is 0.842. The van der Waals surface area contributed by atoms with Gasteiger partial charge in [-0.2, -0.15) is 0 Å². The van der Waals surface area contributed by atoms with E-state index < -0.39 is 0 Å². The van der Waals surface area contributed by atoms with E-state index in [0.29, 0.717) is 0 Å². The lowest BCUT2D eigenvalue weighted by atomic mass is 9.95. The second-order valence-electron chi connectivity index (χ2n) is 4.77. The van der Waals surface area contributed by atoms with E-state index in [-0.39, 0.29) is 17.4 Å². The standard InChI is InChI=1S/C11H18N2OS/c1-7-6-15-9(12-7)8(2)13-10(14)11(3,4)5/h6,8H,1-5H3,(H,13,14). The molecule has 0 radical (unpaired) electrons. The summed E-state index contributed by atoms with van der Waals surface area (Å²) in [7, 11) is 0. The molecule has 1 rings (SSSR count). The third-order valence-electron chi connectivity index (χ3n) is 2.04. The Hall–Kier alpha value is -0.900. The molecule has 1 atom stereocenters. The van der Waals surface area contributed by atoms with Gasteiger partial charge in [-0.15, -0.1) is 11.3 Å². The van der Waals surface area contributed by atoms with Gasteiger partial charge in [0.15, 0.2) is 0 Å². The molecule has 15 heavy (non-hydrogen) atoms. The zero-order chi connectivity index (χ0) is 11.6. The monoisotopic (exact) mass is 226 g/mol. The van der Waals surface area contributed by atoms with Crippen LogP contribution >= 0.6 is 11.3 Å². The van der Waals surface area contributed by atoms with Crippen LogP contribution in [0.1, 0.15) is 44.4 Å². The highest BCUT2D eigenvalue weighted by atomic mass is 32.1. The molecule has 4 heteroatoms. The Kier molecular flexibility index (Phi) is 3.50. The van der Waals surface area contributed by atoms with Crippen molar-refractivity contribution in [3.63, 3.8) is 0 Å². The molecule has 1 N–H and O–H groups in total. The van der Waals surface area contributed by atoms with E-state index in [0.717, 1.165) is 10.7 Å². The van der Waals surface area contributed by atoms with E-state index in [1.54, 1.807) is 11.3 Å². The maximum atomic E-state index is 11.7. The van der Waals surface area contributed by atoms with Crippen LogP contribution < -0.4 is 5.32 Å². The Bertz CT molecular complexity index is 352. The molecule has 0 aliphatic rings. The Morgan fingerprint density at radius 2 is 2.13 bits per heavy atom. The van der Waals surface area contributed by atoms with Gasteiger partial charge in [0.05, 0.1) is 6.04 Å². The summed E-state index contributed by atoms with van der Waals surface area (Å²) in [5, 5.41) is 5.92. The first-order valence-corrected chi connectivity index (χ1v) is 5.91. The van der Waals surface area contributed by atoms with Crippen molar-refractivity contribution in [1.29, 1.82) is 0 Å². The van der Waals surface area contributed by atoms with Crippen LogP contribution in [0, 0.1) is 12.3 Å². The fraction of sp³-hybridized carbons (Fsp3) is 0.636. The van der Waals surface area contributed by atoms with Gasteiger partial charge in [0, 0.05) is 16.5 Å². The highest BCUT2D eigenvalue weighted by Crippen LogP contribution is 2.20. The molecule has 0 bridgehead atoms. The molecular formula is C11H18N2OS. The van der Waals surface area contributed by atoms with Crippen molar-refractivity contribution >= 4 is 17.2 Å². The predicted molar refractivity (Wildman–Crippen MR) is 62.9 cm³/mol. The van der Waals surface area contributed by atoms with Crippen LogP contribution in [0.4, 0.5) is 0 Å². The topological polar surface area (TPSA) is 42.0 Å². The fourth-order valence-corrected chi connectivity index (χ4v) is 1.85. The van der Waals surface area contributed by atoms with E-state index >= 15 is 0 Å². The number of aromatic nitrogens is 1. The highest BCUT2D eigenvalue weighted by Gasteiger charge is 2.23. The molecule has 1 amide bonds. The predicted octanol–water partition coefficient (Wildman–Crippen LogP) is 2.67. The molecule has 0 aromatic carbocycles. The van der Waals surface area contributed by atoms with Crippen molar-refractivity contribution in [2.45, 2.75) is 40.7 Å². The van der Waals surface area contributed by atoms with Gasteiger partial charge in [0.2, 0.25) is 5.91 Å². The lowest BCUT2D eigenvalue weighted by molar-refractivity contribution is -0.129. The largest absolute Gasteiger partial charge is 0.347 e. The summed E-state index contributed by atoms with van der Waals surface area (Å²) in [5.41, 5.74) is 0.660. The molecule has 1 unspecified atom stereocenters. The average molecular weight is 226 g/mol. The van der Waals surface area contributed by atoms with Gasteiger partial charge in [0.1, 0.15) is 5.01 Å². The van der Waals surface area contributed by atoms with E-state index in [9.17, 15) is 4.79 Å². The SMILES string of the molecule is Cc1csc(C(C)NC(=O)C(C)(C)C)n1. The molecule has 1 heterocycles. The van der Waals surface area contributed by atoms with Crippen LogP contribution in [0.15, 0.2) is 5.38 Å². The lowest BCUT2D eigenvalue weighted by Gasteiger charge is -2.20. The van der Waals surface area contributed by atoms with Crippen LogP contribution in [0.25, 0.3) is 0 Å². The van der Waals surface area contributed by atoms with Crippen LogP contribution in [0.5, 0.6) is 0 Å². The van der Waals surface area contributed by atoms with Gasteiger partial charge in [-0.1, -0.05) is 20.8 Å². The Morgan fingerprint density at radius 1 is 1.53 bits per heavy atom. The van der Waals surface area contributed by atoms with Crippen LogP contribution in [0.2, 0.25) is 0 Å². The summed E-state index contributed by atoms with van der Waals surface area (Å²) in [6.45, 7) is 9.63. The molecule has 0 aliphatic carbocycles. The number of nitrogens with one attached hydrogen (secondary N) is 1. The van der Waals surface area contributed by atoms with Gasteiger partial charge in [-0.05, 0) is 13.8 Å². The van der Waals surface area contributed by atoms with Crippen molar-refractivity contribution < 1.29 is 4.79 Å². The first kappa shape index (κ1) is 12.2. The van der Waals surface area contributed by atoms with E-state index in [4.69, 9.17) is 0 Å². The second kappa shape index (κ2) is 4.31. The molecule has 1 aromatic rings. The molecule has 84 valence electrons. The van der Waals surface area contributed by atoms with Crippen molar-refractivity contribution in [3.05, 3.63) is 16.1 Å². The maximum absolute atomic E-state index is 11.7. The average Bonchev–Trinajstić information content (AvgIpc) is 2.50. The zero-order valence-corrected chi connectivity index (χ0v) is 10.7. The highest BCUT2D eigenvalue weighted by molar-refractivity contribution is 7.09. The molecule has 3 nitrogen and oxygen atoms in total. The zero-order valence-electron chi connectivity index (χ0n) is 9.92. The third kappa shape index (κ3) is 3.30. The fourth-order valence-electron chi connectivity index (χ4n) is 1.05. The summed E-state index contributed by atoms with van der Waals surface area (Å²) in [4.78, 5) is 16.1. The minimum atomic E-state index is -0.347. The van der Waals surface area contributed by atoms with Crippen molar-refractivity contribution in [1.82, 2.24) is 10.3 Å².